The van der Waals surface area contributed by atoms with Gasteiger partial charge in [-0.1, -0.05) is 18.2 Å². The Kier molecular flexibility index (Phi) is 6.48. The Balaban J connectivity index is 0.945. The van der Waals surface area contributed by atoms with Gasteiger partial charge < -0.3 is 25.3 Å². The van der Waals surface area contributed by atoms with Crippen molar-refractivity contribution in [1.29, 1.82) is 0 Å². The normalized spacial score (nSPS) is 27.1. The fourth-order valence-electron chi connectivity index (χ4n) is 7.46. The topological polar surface area (TPSA) is 94.6 Å². The second-order valence-corrected chi connectivity index (χ2v) is 11.2. The summed E-state index contributed by atoms with van der Waals surface area (Å²) in [6.45, 7) is 1.94. The molecule has 0 aliphatic heterocycles. The molecule has 4 saturated carbocycles. The number of aromatic nitrogens is 1. The Morgan fingerprint density at radius 1 is 0.944 bits per heavy atom. The molecule has 2 aromatic carbocycles. The van der Waals surface area contributed by atoms with Gasteiger partial charge in [0.1, 0.15) is 11.5 Å². The number of phenolic OH excluding ortho intramolecular Hbond substituents is 1. The molecule has 4 aliphatic rings. The molecule has 0 saturated heterocycles. The summed E-state index contributed by atoms with van der Waals surface area (Å²) in [5.41, 5.74) is 1.96. The molecule has 4 bridgehead atoms. The summed E-state index contributed by atoms with van der Waals surface area (Å²) in [5, 5.41) is 24.7. The third-order valence-electron chi connectivity index (χ3n) is 9.14. The minimum atomic E-state index is -0.750. The molecule has 0 amide bonds. The maximum atomic E-state index is 11.6. The average Bonchev–Trinajstić information content (AvgIpc) is 3.37. The molecule has 4 fully saturated rings. The van der Waals surface area contributed by atoms with Crippen LogP contribution in [0.4, 0.5) is 0 Å². The van der Waals surface area contributed by atoms with Crippen LogP contribution in [0.15, 0.2) is 53.3 Å². The molecule has 6 nitrogen and oxygen atoms in total. The first-order chi connectivity index (χ1) is 17.5. The summed E-state index contributed by atoms with van der Waals surface area (Å²) in [7, 11) is 0. The van der Waals surface area contributed by atoms with E-state index in [0.717, 1.165) is 54.9 Å². The van der Waals surface area contributed by atoms with E-state index in [4.69, 9.17) is 4.74 Å². The highest BCUT2D eigenvalue weighted by atomic mass is 16.5. The second kappa shape index (κ2) is 9.91. The van der Waals surface area contributed by atoms with Crippen LogP contribution in [0.3, 0.4) is 0 Å². The standard InChI is InChI=1S/C30H36N2O4/c33-27-7-5-25(26-6-8-29(35)32-30(26)27)28(34)17-31-11-9-18-1-3-23(4-2-18)36-12-10-24-21-13-19-14-22(24)16-20(19)15-21/h1-8,19-22,24,28,31,33-34H,9-17H2,(H,32,35)/t19?,20?,21?,22?,24?,28-/m0/s1. The van der Waals surface area contributed by atoms with Crippen molar-refractivity contribution in [1.82, 2.24) is 10.3 Å². The van der Waals surface area contributed by atoms with Gasteiger partial charge in [-0.3, -0.25) is 4.79 Å². The molecule has 0 radical (unpaired) electrons. The van der Waals surface area contributed by atoms with Crippen LogP contribution in [0.2, 0.25) is 0 Å². The Bertz CT molecular complexity index is 1240. The lowest BCUT2D eigenvalue weighted by Gasteiger charge is -2.35. The van der Waals surface area contributed by atoms with Crippen LogP contribution in [0.1, 0.15) is 49.3 Å². The number of aromatic amines is 1. The average molecular weight is 489 g/mol. The lowest BCUT2D eigenvalue weighted by molar-refractivity contribution is 0.124. The third kappa shape index (κ3) is 4.64. The lowest BCUT2D eigenvalue weighted by Crippen LogP contribution is -2.28. The quantitative estimate of drug-likeness (QED) is 0.314. The highest BCUT2D eigenvalue weighted by Gasteiger charge is 2.52. The van der Waals surface area contributed by atoms with Crippen LogP contribution in [-0.4, -0.2) is 34.9 Å². The number of pyridine rings is 1. The van der Waals surface area contributed by atoms with Crippen molar-refractivity contribution in [3.63, 3.8) is 0 Å². The minimum Gasteiger partial charge on any atom is -0.506 e. The van der Waals surface area contributed by atoms with Crippen molar-refractivity contribution in [3.05, 3.63) is 70.0 Å². The highest BCUT2D eigenvalue weighted by Crippen LogP contribution is 2.61. The van der Waals surface area contributed by atoms with Gasteiger partial charge >= 0.3 is 0 Å². The van der Waals surface area contributed by atoms with Gasteiger partial charge in [0.25, 0.3) is 0 Å². The number of H-pyrrole nitrogens is 1. The monoisotopic (exact) mass is 488 g/mol. The SMILES string of the molecule is O=c1ccc2c([C@@H](O)CNCCc3ccc(OCCC4C5CC6CC4CC6C5)cc3)ccc(O)c2[nH]1. The van der Waals surface area contributed by atoms with Gasteiger partial charge in [-0.2, -0.15) is 0 Å². The number of fused-ring (bicyclic) bond motifs is 1. The zero-order valence-electron chi connectivity index (χ0n) is 20.7. The Morgan fingerprint density at radius 3 is 2.39 bits per heavy atom. The Hall–Kier alpha value is -2.83. The Labute approximate surface area is 211 Å². The molecular weight excluding hydrogens is 452 g/mol. The zero-order valence-corrected chi connectivity index (χ0v) is 20.7. The fourth-order valence-corrected chi connectivity index (χ4v) is 7.46. The fraction of sp³-hybridized carbons (Fsp3) is 0.500. The number of benzene rings is 2. The molecule has 6 heteroatoms. The highest BCUT2D eigenvalue weighted by molar-refractivity contribution is 5.87. The van der Waals surface area contributed by atoms with E-state index in [1.54, 1.807) is 12.1 Å². The number of ether oxygens (including phenoxy) is 1. The van der Waals surface area contributed by atoms with Crippen molar-refractivity contribution in [2.45, 2.75) is 44.6 Å². The number of nitrogens with one attached hydrogen (secondary N) is 2. The number of aliphatic hydroxyl groups is 1. The van der Waals surface area contributed by atoms with Gasteiger partial charge in [-0.25, -0.2) is 0 Å². The van der Waals surface area contributed by atoms with E-state index in [9.17, 15) is 15.0 Å². The van der Waals surface area contributed by atoms with Crippen molar-refractivity contribution in [2.75, 3.05) is 19.7 Å². The van der Waals surface area contributed by atoms with E-state index in [2.05, 4.69) is 34.6 Å². The molecule has 36 heavy (non-hydrogen) atoms. The van der Waals surface area contributed by atoms with E-state index >= 15 is 0 Å². The predicted octanol–water partition coefficient (Wildman–Crippen LogP) is 4.55. The van der Waals surface area contributed by atoms with Crippen molar-refractivity contribution >= 4 is 10.9 Å². The molecule has 3 aromatic rings. The Morgan fingerprint density at radius 2 is 1.67 bits per heavy atom. The first-order valence-corrected chi connectivity index (χ1v) is 13.5. The second-order valence-electron chi connectivity index (χ2n) is 11.2. The smallest absolute Gasteiger partial charge is 0.248 e. The van der Waals surface area contributed by atoms with Gasteiger partial charge in [0.05, 0.1) is 18.2 Å². The van der Waals surface area contributed by atoms with Crippen LogP contribution >= 0.6 is 0 Å². The van der Waals surface area contributed by atoms with Crippen LogP contribution in [0, 0.1) is 29.6 Å². The summed E-state index contributed by atoms with van der Waals surface area (Å²) in [6, 6.07) is 14.6. The molecule has 4 aliphatic carbocycles. The zero-order chi connectivity index (χ0) is 24.6. The molecule has 4 N–H and O–H groups in total. The van der Waals surface area contributed by atoms with E-state index in [1.807, 2.05) is 0 Å². The minimum absolute atomic E-state index is 0.00326. The van der Waals surface area contributed by atoms with E-state index in [-0.39, 0.29) is 11.3 Å². The summed E-state index contributed by atoms with van der Waals surface area (Å²) < 4.78 is 6.10. The number of aromatic hydroxyl groups is 1. The molecule has 0 spiro atoms. The van der Waals surface area contributed by atoms with Gasteiger partial charge in [0, 0.05) is 18.0 Å². The van der Waals surface area contributed by atoms with E-state index in [0.29, 0.717) is 23.0 Å². The number of hydrogen-bond donors (Lipinski definition) is 4. The maximum Gasteiger partial charge on any atom is 0.248 e. The molecule has 1 heterocycles. The molecule has 1 atom stereocenters. The van der Waals surface area contributed by atoms with Gasteiger partial charge in [-0.05, 0) is 110 Å². The van der Waals surface area contributed by atoms with E-state index < -0.39 is 6.10 Å². The summed E-state index contributed by atoms with van der Waals surface area (Å²) in [6.07, 6.45) is 7.24. The van der Waals surface area contributed by atoms with E-state index in [1.165, 1.54) is 49.8 Å². The first-order valence-electron chi connectivity index (χ1n) is 13.5. The van der Waals surface area contributed by atoms with Crippen LogP contribution in [0.25, 0.3) is 10.9 Å². The summed E-state index contributed by atoms with van der Waals surface area (Å²) >= 11 is 0. The van der Waals surface area contributed by atoms with Crippen LogP contribution < -0.4 is 15.6 Å². The maximum absolute atomic E-state index is 11.6. The number of hydrogen-bond acceptors (Lipinski definition) is 5. The number of phenols is 1. The molecular formula is C30H36N2O4. The van der Waals surface area contributed by atoms with Gasteiger partial charge in [0.2, 0.25) is 5.56 Å². The molecule has 0 unspecified atom stereocenters. The molecule has 190 valence electrons. The largest absolute Gasteiger partial charge is 0.506 e. The molecule has 1 aromatic heterocycles. The number of rotatable bonds is 10. The summed E-state index contributed by atoms with van der Waals surface area (Å²) in [5.74, 6) is 5.90. The van der Waals surface area contributed by atoms with Crippen molar-refractivity contribution in [2.24, 2.45) is 29.6 Å². The summed E-state index contributed by atoms with van der Waals surface area (Å²) in [4.78, 5) is 14.2. The molecule has 7 rings (SSSR count). The third-order valence-corrected chi connectivity index (χ3v) is 9.14. The predicted molar refractivity (Wildman–Crippen MR) is 140 cm³/mol. The van der Waals surface area contributed by atoms with Gasteiger partial charge in [-0.15, -0.1) is 0 Å². The number of aliphatic hydroxyl groups excluding tert-OH is 1. The van der Waals surface area contributed by atoms with Crippen LogP contribution in [0.5, 0.6) is 11.5 Å². The van der Waals surface area contributed by atoms with Gasteiger partial charge in [0.15, 0.2) is 0 Å². The van der Waals surface area contributed by atoms with Crippen molar-refractivity contribution < 1.29 is 14.9 Å². The first kappa shape index (κ1) is 23.6. The van der Waals surface area contributed by atoms with Crippen molar-refractivity contribution in [3.8, 4) is 11.5 Å². The van der Waals surface area contributed by atoms with Crippen LogP contribution in [-0.2, 0) is 6.42 Å². The lowest BCUT2D eigenvalue weighted by atomic mass is 9.70.